The molecule has 6 heterocycles. The molecule has 2 aliphatic heterocycles. The number of nitrogens with two attached hydrogens (primary N) is 1. The standard InChI is InChI=1S/C21H22N6O5.C16H14N6O3.ClH/c1-21(2,3)32-20(30)27-13-8-22-17-16(13)24-10-25-18(17)19(29)23-7-11-4-5-14-12(6-11)26-15(28)9-31-14;17-9-5-18-14-13(9)20-7-21-15(14)16(24)19-4-8-1-2-11-10(3-8)22-12(23)6-25-11;/h4-6,8,10,22H,7,9H2,1-3H3,(H,23,29)(H,26,28)(H,27,30);1-3,5,7,18H,4,6,17H2,(H,19,24)(H,22,23);1H. The smallest absolute Gasteiger partial charge is 0.412 e. The van der Waals surface area contributed by atoms with Gasteiger partial charge >= 0.3 is 6.09 Å². The number of aromatic amines is 2. The number of ether oxygens (including phenoxy) is 3. The highest BCUT2D eigenvalue weighted by molar-refractivity contribution is 6.07. The molecule has 0 unspecified atom stereocenters. The summed E-state index contributed by atoms with van der Waals surface area (Å²) in [6.45, 7) is 5.74. The number of carbonyl (C=O) groups is 5. The Labute approximate surface area is 334 Å². The fourth-order valence-corrected chi connectivity index (χ4v) is 5.76. The van der Waals surface area contributed by atoms with Gasteiger partial charge < -0.3 is 51.2 Å². The zero-order valence-corrected chi connectivity index (χ0v) is 32.0. The molecule has 4 aromatic heterocycles. The van der Waals surface area contributed by atoms with Crippen LogP contribution in [0.25, 0.3) is 22.1 Å². The van der Waals surface area contributed by atoms with E-state index in [0.29, 0.717) is 56.3 Å². The van der Waals surface area contributed by atoms with Crippen molar-refractivity contribution in [2.45, 2.75) is 39.5 Å². The molecule has 5 amide bonds. The molecule has 300 valence electrons. The topological polar surface area (TPSA) is 282 Å². The van der Waals surface area contributed by atoms with E-state index in [4.69, 9.17) is 19.9 Å². The molecule has 20 nitrogen and oxygen atoms in total. The Balaban J connectivity index is 0.000000198. The van der Waals surface area contributed by atoms with Gasteiger partial charge in [-0.25, -0.2) is 24.7 Å². The summed E-state index contributed by atoms with van der Waals surface area (Å²) in [6.07, 6.45) is 5.00. The number of nitrogens with zero attached hydrogens (tertiary/aromatic N) is 4. The van der Waals surface area contributed by atoms with Gasteiger partial charge in [-0.3, -0.25) is 24.5 Å². The Hall–Kier alpha value is -7.48. The molecule has 0 fully saturated rings. The number of anilines is 4. The molecule has 0 radical (unpaired) electrons. The largest absolute Gasteiger partial charge is 0.482 e. The number of rotatable bonds is 7. The molecular formula is C37H37ClN12O8. The lowest BCUT2D eigenvalue weighted by molar-refractivity contribution is -0.119. The van der Waals surface area contributed by atoms with Gasteiger partial charge in [-0.1, -0.05) is 12.1 Å². The third-order valence-corrected chi connectivity index (χ3v) is 8.28. The molecule has 21 heteroatoms. The summed E-state index contributed by atoms with van der Waals surface area (Å²) in [4.78, 5) is 82.3. The quantitative estimate of drug-likeness (QED) is 0.114. The van der Waals surface area contributed by atoms with Crippen molar-refractivity contribution < 1.29 is 38.2 Å². The summed E-state index contributed by atoms with van der Waals surface area (Å²) in [5.74, 6) is -0.0398. The second-order valence-corrected chi connectivity index (χ2v) is 13.7. The first kappa shape index (κ1) is 40.2. The summed E-state index contributed by atoms with van der Waals surface area (Å²) in [6, 6.07) is 10.6. The second-order valence-electron chi connectivity index (χ2n) is 13.7. The Kier molecular flexibility index (Phi) is 11.6. The summed E-state index contributed by atoms with van der Waals surface area (Å²) in [5, 5.41) is 13.7. The van der Waals surface area contributed by atoms with Crippen LogP contribution >= 0.6 is 12.4 Å². The van der Waals surface area contributed by atoms with Crippen LogP contribution in [-0.2, 0) is 27.4 Å². The number of carbonyl (C=O) groups excluding carboxylic acids is 5. The van der Waals surface area contributed by atoms with Gasteiger partial charge in [-0.2, -0.15) is 0 Å². The molecule has 0 saturated carbocycles. The maximum atomic E-state index is 12.8. The average Bonchev–Trinajstić information content (AvgIpc) is 3.77. The van der Waals surface area contributed by atoms with Gasteiger partial charge in [0.1, 0.15) is 40.8 Å². The first-order valence-corrected chi connectivity index (χ1v) is 17.4. The highest BCUT2D eigenvalue weighted by Gasteiger charge is 2.22. The van der Waals surface area contributed by atoms with Crippen LogP contribution in [0.4, 0.5) is 27.5 Å². The minimum atomic E-state index is -0.651. The number of H-pyrrole nitrogens is 2. The molecule has 2 aromatic carbocycles. The van der Waals surface area contributed by atoms with E-state index in [-0.39, 0.29) is 67.8 Å². The lowest BCUT2D eigenvalue weighted by atomic mass is 10.1. The minimum Gasteiger partial charge on any atom is -0.482 e. The molecule has 2 aliphatic rings. The lowest BCUT2D eigenvalue weighted by Gasteiger charge is -2.19. The molecule has 0 aliphatic carbocycles. The van der Waals surface area contributed by atoms with Crippen LogP contribution in [-0.4, -0.2) is 78.4 Å². The van der Waals surface area contributed by atoms with E-state index in [1.807, 2.05) is 6.07 Å². The minimum absolute atomic E-state index is 0. The fraction of sp³-hybridized carbons (Fsp3) is 0.216. The van der Waals surface area contributed by atoms with Gasteiger partial charge in [0, 0.05) is 25.5 Å². The number of nitrogens with one attached hydrogen (secondary N) is 7. The Morgan fingerprint density at radius 3 is 1.79 bits per heavy atom. The summed E-state index contributed by atoms with van der Waals surface area (Å²) in [7, 11) is 0. The maximum Gasteiger partial charge on any atom is 0.412 e. The number of nitrogen functional groups attached to an aromatic ring is 1. The predicted molar refractivity (Wildman–Crippen MR) is 213 cm³/mol. The predicted octanol–water partition coefficient (Wildman–Crippen LogP) is 3.79. The Morgan fingerprint density at radius 1 is 0.759 bits per heavy atom. The number of amides is 5. The summed E-state index contributed by atoms with van der Waals surface area (Å²) >= 11 is 0. The molecule has 0 bridgehead atoms. The number of hydrogen-bond acceptors (Lipinski definition) is 13. The Bertz CT molecular complexity index is 2570. The molecular weight excluding hydrogens is 776 g/mol. The van der Waals surface area contributed by atoms with Crippen molar-refractivity contribution in [3.8, 4) is 11.5 Å². The SMILES string of the molecule is CC(C)(C)OC(=O)Nc1c[nH]c2c(C(=O)NCc3ccc4c(c3)NC(=O)CO4)ncnc12.Cl.Nc1c[nH]c2c(C(=O)NCc3ccc4c(c3)NC(=O)CO4)ncnc12. The molecule has 8 rings (SSSR count). The van der Waals surface area contributed by atoms with E-state index >= 15 is 0 Å². The van der Waals surface area contributed by atoms with Crippen molar-refractivity contribution in [3.63, 3.8) is 0 Å². The fourth-order valence-electron chi connectivity index (χ4n) is 5.76. The van der Waals surface area contributed by atoms with Crippen molar-refractivity contribution in [1.29, 1.82) is 0 Å². The molecule has 0 saturated heterocycles. The van der Waals surface area contributed by atoms with Gasteiger partial charge in [0.2, 0.25) is 0 Å². The monoisotopic (exact) mass is 812 g/mol. The van der Waals surface area contributed by atoms with Crippen molar-refractivity contribution in [1.82, 2.24) is 40.5 Å². The Morgan fingerprint density at radius 2 is 1.26 bits per heavy atom. The number of aromatic nitrogens is 6. The molecule has 58 heavy (non-hydrogen) atoms. The van der Waals surface area contributed by atoms with Crippen molar-refractivity contribution in [2.75, 3.05) is 34.9 Å². The second kappa shape index (κ2) is 16.7. The van der Waals surface area contributed by atoms with E-state index in [9.17, 15) is 24.0 Å². The highest BCUT2D eigenvalue weighted by atomic mass is 35.5. The normalized spacial score (nSPS) is 12.8. The van der Waals surface area contributed by atoms with Gasteiger partial charge in [0.05, 0.1) is 33.8 Å². The molecule has 6 aromatic rings. The van der Waals surface area contributed by atoms with Crippen molar-refractivity contribution in [3.05, 3.63) is 84.0 Å². The van der Waals surface area contributed by atoms with Crippen LogP contribution in [0, 0.1) is 0 Å². The number of fused-ring (bicyclic) bond motifs is 4. The molecule has 0 spiro atoms. The highest BCUT2D eigenvalue weighted by Crippen LogP contribution is 2.30. The van der Waals surface area contributed by atoms with Crippen LogP contribution in [0.5, 0.6) is 11.5 Å². The van der Waals surface area contributed by atoms with Crippen LogP contribution in [0.1, 0.15) is 52.9 Å². The molecule has 9 N–H and O–H groups in total. The number of hydrogen-bond donors (Lipinski definition) is 8. The number of halogens is 1. The average molecular weight is 813 g/mol. The third-order valence-electron chi connectivity index (χ3n) is 8.28. The summed E-state index contributed by atoms with van der Waals surface area (Å²) < 4.78 is 15.9. The van der Waals surface area contributed by atoms with E-state index in [2.05, 4.69) is 56.5 Å². The van der Waals surface area contributed by atoms with Gasteiger partial charge in [-0.15, -0.1) is 12.4 Å². The van der Waals surface area contributed by atoms with Gasteiger partial charge in [0.15, 0.2) is 24.6 Å². The first-order chi connectivity index (χ1) is 27.3. The third kappa shape index (κ3) is 9.13. The van der Waals surface area contributed by atoms with Crippen LogP contribution < -0.4 is 41.8 Å². The van der Waals surface area contributed by atoms with Crippen LogP contribution in [0.3, 0.4) is 0 Å². The first-order valence-electron chi connectivity index (χ1n) is 17.4. The lowest BCUT2D eigenvalue weighted by Crippen LogP contribution is -2.27. The van der Waals surface area contributed by atoms with Gasteiger partial charge in [-0.05, 0) is 56.2 Å². The van der Waals surface area contributed by atoms with E-state index in [1.54, 1.807) is 57.3 Å². The number of benzene rings is 2. The zero-order valence-electron chi connectivity index (χ0n) is 31.1. The summed E-state index contributed by atoms with van der Waals surface area (Å²) in [5.41, 5.74) is 10.8. The van der Waals surface area contributed by atoms with Crippen molar-refractivity contribution in [2.24, 2.45) is 0 Å². The molecule has 0 atom stereocenters. The van der Waals surface area contributed by atoms with E-state index in [0.717, 1.165) is 11.1 Å². The van der Waals surface area contributed by atoms with Crippen LogP contribution in [0.15, 0.2) is 61.4 Å². The van der Waals surface area contributed by atoms with E-state index < -0.39 is 17.6 Å². The maximum absolute atomic E-state index is 12.8. The van der Waals surface area contributed by atoms with Gasteiger partial charge in [0.25, 0.3) is 23.6 Å². The van der Waals surface area contributed by atoms with Crippen molar-refractivity contribution >= 4 is 86.9 Å². The van der Waals surface area contributed by atoms with Crippen LogP contribution in [0.2, 0.25) is 0 Å². The zero-order chi connectivity index (χ0) is 40.3. The van der Waals surface area contributed by atoms with E-state index in [1.165, 1.54) is 18.9 Å².